The van der Waals surface area contributed by atoms with E-state index in [4.69, 9.17) is 16.6 Å². The highest BCUT2D eigenvalue weighted by molar-refractivity contribution is 7.80. The van der Waals surface area contributed by atoms with E-state index in [9.17, 15) is 4.39 Å². The van der Waals surface area contributed by atoms with Crippen molar-refractivity contribution in [2.45, 2.75) is 31.8 Å². The molecule has 166 valence electrons. The molecule has 5 rings (SSSR count). The van der Waals surface area contributed by atoms with E-state index in [-0.39, 0.29) is 17.9 Å². The van der Waals surface area contributed by atoms with Crippen LogP contribution in [0.15, 0.2) is 89.5 Å². The SMILES string of the molecule is CC(C)c1ccc(N2C(=S)N[C@@H](c3ccccn3)[C@H]2c2ccc(-c3ccc(F)cc3)o2)cc1. The number of hydrogen-bond acceptors (Lipinski definition) is 3. The van der Waals surface area contributed by atoms with Gasteiger partial charge in [-0.25, -0.2) is 4.39 Å². The second-order valence-electron chi connectivity index (χ2n) is 8.45. The molecule has 1 fully saturated rings. The van der Waals surface area contributed by atoms with Crippen LogP contribution in [0.25, 0.3) is 11.3 Å². The Bertz CT molecular complexity index is 1250. The smallest absolute Gasteiger partial charge is 0.174 e. The van der Waals surface area contributed by atoms with Gasteiger partial charge in [0, 0.05) is 17.4 Å². The summed E-state index contributed by atoms with van der Waals surface area (Å²) >= 11 is 5.78. The number of furan rings is 1. The van der Waals surface area contributed by atoms with Crippen LogP contribution in [0.3, 0.4) is 0 Å². The molecule has 0 spiro atoms. The third-order valence-corrected chi connectivity index (χ3v) is 6.30. The predicted octanol–water partition coefficient (Wildman–Crippen LogP) is 6.78. The van der Waals surface area contributed by atoms with Gasteiger partial charge in [-0.3, -0.25) is 4.98 Å². The topological polar surface area (TPSA) is 41.3 Å². The van der Waals surface area contributed by atoms with E-state index in [1.165, 1.54) is 17.7 Å². The molecule has 6 heteroatoms. The van der Waals surface area contributed by atoms with Crippen LogP contribution in [0.4, 0.5) is 10.1 Å². The standard InChI is InChI=1S/C27H24FN3OS/c1-17(2)18-8-12-21(13-9-18)31-26(25(30-27(31)33)22-5-3-4-16-29-22)24-15-14-23(32-24)19-6-10-20(28)11-7-19/h3-17,25-26H,1-2H3,(H,30,33)/t25-,26+/m0/s1. The minimum atomic E-state index is -0.276. The Balaban J connectivity index is 1.57. The molecular formula is C27H24FN3OS. The van der Waals surface area contributed by atoms with E-state index in [0.29, 0.717) is 16.8 Å². The summed E-state index contributed by atoms with van der Waals surface area (Å²) in [5, 5.41) is 4.06. The molecular weight excluding hydrogens is 433 g/mol. The second kappa shape index (κ2) is 8.79. The van der Waals surface area contributed by atoms with Crippen molar-refractivity contribution in [3.8, 4) is 11.3 Å². The zero-order valence-corrected chi connectivity index (χ0v) is 19.2. The van der Waals surface area contributed by atoms with Gasteiger partial charge in [0.05, 0.1) is 11.7 Å². The van der Waals surface area contributed by atoms with Crippen LogP contribution < -0.4 is 10.2 Å². The second-order valence-corrected chi connectivity index (χ2v) is 8.84. The van der Waals surface area contributed by atoms with Crippen molar-refractivity contribution < 1.29 is 8.81 Å². The van der Waals surface area contributed by atoms with Crippen molar-refractivity contribution in [3.05, 3.63) is 108 Å². The molecule has 1 saturated heterocycles. The van der Waals surface area contributed by atoms with E-state index in [2.05, 4.69) is 53.3 Å². The maximum absolute atomic E-state index is 13.4. The number of nitrogens with zero attached hydrogens (tertiary/aromatic N) is 2. The van der Waals surface area contributed by atoms with Crippen LogP contribution >= 0.6 is 12.2 Å². The van der Waals surface area contributed by atoms with Gasteiger partial charge in [0.25, 0.3) is 0 Å². The van der Waals surface area contributed by atoms with Gasteiger partial charge in [-0.15, -0.1) is 0 Å². The number of anilines is 1. The number of pyridine rings is 1. The van der Waals surface area contributed by atoms with Crippen molar-refractivity contribution in [1.82, 2.24) is 10.3 Å². The summed E-state index contributed by atoms with van der Waals surface area (Å²) in [6.45, 7) is 4.35. The zero-order chi connectivity index (χ0) is 22.9. The van der Waals surface area contributed by atoms with Gasteiger partial charge in [-0.2, -0.15) is 0 Å². The van der Waals surface area contributed by atoms with Crippen molar-refractivity contribution in [1.29, 1.82) is 0 Å². The molecule has 0 saturated carbocycles. The fraction of sp³-hybridized carbons (Fsp3) is 0.185. The summed E-state index contributed by atoms with van der Waals surface area (Å²) in [4.78, 5) is 6.67. The molecule has 4 aromatic rings. The molecule has 0 aliphatic carbocycles. The van der Waals surface area contributed by atoms with Gasteiger partial charge in [0.1, 0.15) is 23.4 Å². The van der Waals surface area contributed by atoms with Gasteiger partial charge in [-0.05, 0) is 84.4 Å². The minimum Gasteiger partial charge on any atom is -0.459 e. The third kappa shape index (κ3) is 4.14. The summed E-state index contributed by atoms with van der Waals surface area (Å²) in [5.41, 5.74) is 3.95. The first-order valence-corrected chi connectivity index (χ1v) is 11.4. The van der Waals surface area contributed by atoms with Crippen molar-refractivity contribution in [3.63, 3.8) is 0 Å². The van der Waals surface area contributed by atoms with Crippen LogP contribution in [0, 0.1) is 5.82 Å². The summed E-state index contributed by atoms with van der Waals surface area (Å²) in [7, 11) is 0. The average Bonchev–Trinajstić information content (AvgIpc) is 3.45. The lowest BCUT2D eigenvalue weighted by molar-refractivity contribution is 0.439. The molecule has 0 unspecified atom stereocenters. The van der Waals surface area contributed by atoms with Crippen LogP contribution in [-0.2, 0) is 0 Å². The first-order chi connectivity index (χ1) is 16.0. The third-order valence-electron chi connectivity index (χ3n) is 5.98. The largest absolute Gasteiger partial charge is 0.459 e. The van der Waals surface area contributed by atoms with E-state index >= 15 is 0 Å². The number of hydrogen-bond donors (Lipinski definition) is 1. The van der Waals surface area contributed by atoms with Crippen molar-refractivity contribution in [2.75, 3.05) is 4.90 Å². The molecule has 2 atom stereocenters. The summed E-state index contributed by atoms with van der Waals surface area (Å²) in [6, 6.07) is 24.1. The van der Waals surface area contributed by atoms with Gasteiger partial charge >= 0.3 is 0 Å². The Morgan fingerprint density at radius 1 is 0.970 bits per heavy atom. The molecule has 2 aromatic heterocycles. The van der Waals surface area contributed by atoms with E-state index in [1.807, 2.05) is 30.3 Å². The Morgan fingerprint density at radius 3 is 2.39 bits per heavy atom. The van der Waals surface area contributed by atoms with Crippen molar-refractivity contribution in [2.24, 2.45) is 0 Å². The monoisotopic (exact) mass is 457 g/mol. The quantitative estimate of drug-likeness (QED) is 0.335. The minimum absolute atomic E-state index is 0.185. The van der Waals surface area contributed by atoms with Gasteiger partial charge in [-0.1, -0.05) is 32.0 Å². The first kappa shape index (κ1) is 21.3. The number of aromatic nitrogens is 1. The van der Waals surface area contributed by atoms with Gasteiger partial charge < -0.3 is 14.6 Å². The fourth-order valence-corrected chi connectivity index (χ4v) is 4.57. The average molecular weight is 458 g/mol. The predicted molar refractivity (Wildman–Crippen MR) is 133 cm³/mol. The van der Waals surface area contributed by atoms with Crippen LogP contribution in [-0.4, -0.2) is 10.1 Å². The van der Waals surface area contributed by atoms with Crippen LogP contribution in [0.1, 0.15) is 48.9 Å². The highest BCUT2D eigenvalue weighted by Crippen LogP contribution is 2.43. The molecule has 0 bridgehead atoms. The van der Waals surface area contributed by atoms with Gasteiger partial charge in [0.15, 0.2) is 5.11 Å². The van der Waals surface area contributed by atoms with Gasteiger partial charge in [0.2, 0.25) is 0 Å². The molecule has 33 heavy (non-hydrogen) atoms. The number of thiocarbonyl (C=S) groups is 1. The molecule has 2 aromatic carbocycles. The summed E-state index contributed by atoms with van der Waals surface area (Å²) < 4.78 is 19.7. The lowest BCUT2D eigenvalue weighted by Crippen LogP contribution is -2.29. The highest BCUT2D eigenvalue weighted by Gasteiger charge is 2.42. The number of rotatable bonds is 5. The molecule has 4 nitrogen and oxygen atoms in total. The summed E-state index contributed by atoms with van der Waals surface area (Å²) in [5.74, 6) is 1.60. The van der Waals surface area contributed by atoms with E-state index in [0.717, 1.165) is 22.7 Å². The molecule has 0 radical (unpaired) electrons. The van der Waals surface area contributed by atoms with Crippen molar-refractivity contribution >= 4 is 23.0 Å². The molecule has 1 aliphatic rings. The van der Waals surface area contributed by atoms with Crippen LogP contribution in [0.5, 0.6) is 0 Å². The number of nitrogens with one attached hydrogen (secondary N) is 1. The molecule has 3 heterocycles. The van der Waals surface area contributed by atoms with E-state index in [1.54, 1.807) is 18.3 Å². The highest BCUT2D eigenvalue weighted by atomic mass is 32.1. The zero-order valence-electron chi connectivity index (χ0n) is 18.4. The lowest BCUT2D eigenvalue weighted by Gasteiger charge is -2.26. The normalized spacial score (nSPS) is 18.1. The Morgan fingerprint density at radius 2 is 1.73 bits per heavy atom. The number of halogens is 1. The first-order valence-electron chi connectivity index (χ1n) is 11.0. The molecule has 1 N–H and O–H groups in total. The Hall–Kier alpha value is -3.51. The Kier molecular flexibility index (Phi) is 5.68. The maximum Gasteiger partial charge on any atom is 0.174 e. The maximum atomic E-state index is 13.4. The fourth-order valence-electron chi connectivity index (χ4n) is 4.22. The number of benzene rings is 2. The molecule has 0 amide bonds. The Labute approximate surface area is 198 Å². The van der Waals surface area contributed by atoms with E-state index < -0.39 is 0 Å². The molecule has 1 aliphatic heterocycles. The summed E-state index contributed by atoms with van der Waals surface area (Å²) in [6.07, 6.45) is 1.78. The van der Waals surface area contributed by atoms with Crippen LogP contribution in [0.2, 0.25) is 0 Å². The lowest BCUT2D eigenvalue weighted by atomic mass is 10.0.